The molecule has 36 heavy (non-hydrogen) atoms. The zero-order valence-electron chi connectivity index (χ0n) is 19.2. The second kappa shape index (κ2) is 8.39. The fraction of sp³-hybridized carbons (Fsp3) is 0.154. The molecule has 0 saturated carbocycles. The Morgan fingerprint density at radius 3 is 2.53 bits per heavy atom. The summed E-state index contributed by atoms with van der Waals surface area (Å²) in [5.41, 5.74) is 2.75. The third kappa shape index (κ3) is 4.00. The van der Waals surface area contributed by atoms with Crippen LogP contribution in [0.1, 0.15) is 19.0 Å². The smallest absolute Gasteiger partial charge is 0.182 e. The number of hydrogen-bond acceptors (Lipinski definition) is 7. The lowest BCUT2D eigenvalue weighted by Crippen LogP contribution is -2.38. The minimum atomic E-state index is -3.64. The van der Waals surface area contributed by atoms with Gasteiger partial charge in [-0.25, -0.2) is 28.4 Å². The van der Waals surface area contributed by atoms with Gasteiger partial charge >= 0.3 is 0 Å². The molecule has 6 rings (SSSR count). The number of aromatic amines is 1. The van der Waals surface area contributed by atoms with Gasteiger partial charge in [0.05, 0.1) is 40.0 Å². The van der Waals surface area contributed by atoms with Crippen molar-refractivity contribution in [3.63, 3.8) is 0 Å². The first-order valence-corrected chi connectivity index (χ1v) is 13.5. The Morgan fingerprint density at radius 1 is 1.03 bits per heavy atom. The summed E-state index contributed by atoms with van der Waals surface area (Å²) in [5, 5.41) is 5.49. The highest BCUT2D eigenvalue weighted by molar-refractivity contribution is 7.95. The van der Waals surface area contributed by atoms with Crippen molar-refractivity contribution in [3.8, 4) is 0 Å². The largest absolute Gasteiger partial charge is 0.370 e. The molecule has 8 bridgehead atoms. The van der Waals surface area contributed by atoms with E-state index in [0.717, 1.165) is 22.1 Å². The van der Waals surface area contributed by atoms with Crippen LogP contribution in [0.4, 0.5) is 0 Å². The van der Waals surface area contributed by atoms with Crippen LogP contribution in [-0.2, 0) is 15.4 Å². The van der Waals surface area contributed by atoms with Gasteiger partial charge in [-0.3, -0.25) is 0 Å². The maximum Gasteiger partial charge on any atom is 0.182 e. The number of rotatable bonds is 3. The van der Waals surface area contributed by atoms with Crippen LogP contribution in [0.25, 0.3) is 12.2 Å². The summed E-state index contributed by atoms with van der Waals surface area (Å²) in [6, 6.07) is 5.59. The number of fused-ring (bicyclic) bond motifs is 6. The van der Waals surface area contributed by atoms with Crippen LogP contribution < -0.4 is 16.0 Å². The molecule has 10 heteroatoms. The van der Waals surface area contributed by atoms with E-state index in [1.54, 1.807) is 19.1 Å². The lowest BCUT2D eigenvalue weighted by atomic mass is 9.91. The van der Waals surface area contributed by atoms with E-state index < -0.39 is 15.4 Å². The molecule has 0 radical (unpaired) electrons. The van der Waals surface area contributed by atoms with Gasteiger partial charge in [-0.1, -0.05) is 24.6 Å². The number of nitrogens with zero attached hydrogens (tertiary/aromatic N) is 4. The van der Waals surface area contributed by atoms with Crippen LogP contribution >= 0.6 is 11.6 Å². The number of allylic oxidation sites excluding steroid dienone is 4. The predicted molar refractivity (Wildman–Crippen MR) is 141 cm³/mol. The Bertz CT molecular complexity index is 1750. The number of nitrogens with one attached hydrogen (secondary N) is 2. The van der Waals surface area contributed by atoms with Gasteiger partial charge in [-0.05, 0) is 60.7 Å². The van der Waals surface area contributed by atoms with Gasteiger partial charge in [-0.2, -0.15) is 0 Å². The van der Waals surface area contributed by atoms with Crippen molar-refractivity contribution in [1.82, 2.24) is 20.3 Å². The summed E-state index contributed by atoms with van der Waals surface area (Å²) in [6.07, 6.45) is 16.9. The SMILES string of the molecule is CCS(=O)(=O)C1=C2C=CC(=N2)C=c2ccc([nH]2)=CC2=NC(=CC3(c4cc(Cl)ncn4)CC=C1N3)C=C2. The van der Waals surface area contributed by atoms with Crippen LogP contribution in [0.15, 0.2) is 93.0 Å². The summed E-state index contributed by atoms with van der Waals surface area (Å²) in [7, 11) is -3.64. The van der Waals surface area contributed by atoms with Crippen LogP contribution in [0, 0.1) is 0 Å². The molecule has 0 aliphatic carbocycles. The first-order chi connectivity index (χ1) is 17.3. The van der Waals surface area contributed by atoms with Crippen molar-refractivity contribution < 1.29 is 8.42 Å². The molecule has 180 valence electrons. The fourth-order valence-electron chi connectivity index (χ4n) is 4.59. The molecule has 1 atom stereocenters. The molecule has 6 heterocycles. The summed E-state index contributed by atoms with van der Waals surface area (Å²) in [4.78, 5) is 21.4. The molecule has 0 amide bonds. The number of sulfone groups is 1. The molecule has 0 fully saturated rings. The molecular formula is C26H21ClN6O2S. The zero-order chi connectivity index (χ0) is 24.9. The zero-order valence-corrected chi connectivity index (χ0v) is 20.8. The van der Waals surface area contributed by atoms with Gasteiger partial charge in [-0.15, -0.1) is 0 Å². The highest BCUT2D eigenvalue weighted by atomic mass is 35.5. The number of H-pyrrole nitrogens is 1. The minimum absolute atomic E-state index is 0.0626. The first kappa shape index (κ1) is 22.6. The Balaban J connectivity index is 1.61. The van der Waals surface area contributed by atoms with Gasteiger partial charge < -0.3 is 10.3 Å². The number of aliphatic imine (C=N–C) groups is 2. The quantitative estimate of drug-likeness (QED) is 0.608. The van der Waals surface area contributed by atoms with E-state index in [1.807, 2.05) is 54.7 Å². The first-order valence-electron chi connectivity index (χ1n) is 11.4. The minimum Gasteiger partial charge on any atom is -0.370 e. The molecule has 1 unspecified atom stereocenters. The van der Waals surface area contributed by atoms with Crippen molar-refractivity contribution >= 4 is 45.0 Å². The van der Waals surface area contributed by atoms with Crippen LogP contribution in [0.2, 0.25) is 5.15 Å². The third-order valence-corrected chi connectivity index (χ3v) is 8.34. The van der Waals surface area contributed by atoms with Gasteiger partial charge in [0, 0.05) is 17.1 Å². The van der Waals surface area contributed by atoms with Gasteiger partial charge in [0.1, 0.15) is 21.9 Å². The van der Waals surface area contributed by atoms with Gasteiger partial charge in [0.15, 0.2) is 9.84 Å². The molecule has 0 spiro atoms. The van der Waals surface area contributed by atoms with Gasteiger partial charge in [0.25, 0.3) is 0 Å². The number of halogens is 1. The lowest BCUT2D eigenvalue weighted by Gasteiger charge is -2.28. The van der Waals surface area contributed by atoms with E-state index in [9.17, 15) is 8.42 Å². The third-order valence-electron chi connectivity index (χ3n) is 6.32. The molecule has 2 aromatic heterocycles. The maximum absolute atomic E-state index is 13.3. The highest BCUT2D eigenvalue weighted by Crippen LogP contribution is 2.39. The predicted octanol–water partition coefficient (Wildman–Crippen LogP) is 2.36. The number of aromatic nitrogens is 3. The Kier molecular flexibility index (Phi) is 5.27. The maximum atomic E-state index is 13.3. The van der Waals surface area contributed by atoms with Crippen molar-refractivity contribution in [2.75, 3.05) is 5.75 Å². The van der Waals surface area contributed by atoms with E-state index >= 15 is 0 Å². The molecule has 2 N–H and O–H groups in total. The summed E-state index contributed by atoms with van der Waals surface area (Å²) >= 11 is 6.22. The molecule has 4 aliphatic rings. The van der Waals surface area contributed by atoms with Crippen molar-refractivity contribution in [1.29, 1.82) is 0 Å². The topological polar surface area (TPSA) is 112 Å². The summed E-state index contributed by atoms with van der Waals surface area (Å²) < 4.78 is 26.7. The second-order valence-corrected chi connectivity index (χ2v) is 11.3. The van der Waals surface area contributed by atoms with E-state index in [4.69, 9.17) is 16.6 Å². The van der Waals surface area contributed by atoms with Crippen LogP contribution in [0.3, 0.4) is 0 Å². The lowest BCUT2D eigenvalue weighted by molar-refractivity contribution is 0.486. The normalized spacial score (nSPS) is 22.4. The Labute approximate surface area is 212 Å². The molecule has 2 aromatic rings. The summed E-state index contributed by atoms with van der Waals surface area (Å²) in [5.74, 6) is -0.0626. The van der Waals surface area contributed by atoms with Crippen LogP contribution in [-0.4, -0.2) is 40.5 Å². The molecule has 4 aliphatic heterocycles. The molecule has 0 saturated heterocycles. The highest BCUT2D eigenvalue weighted by Gasteiger charge is 2.40. The van der Waals surface area contributed by atoms with Crippen molar-refractivity contribution in [2.24, 2.45) is 9.98 Å². The van der Waals surface area contributed by atoms with E-state index in [2.05, 4.69) is 25.3 Å². The standard InChI is InChI=1S/C26H21ClN6O2S/c1-2-36(34,35)25-21-8-7-19(32-21)12-17-4-3-16(30-17)11-18-5-6-20(31-18)14-26(10-9-22(25)33-26)23-13-24(27)29-15-28-23/h3-9,11-15,30,33H,2,10H2,1H3. The molecular weight excluding hydrogens is 496 g/mol. The summed E-state index contributed by atoms with van der Waals surface area (Å²) in [6.45, 7) is 1.63. The number of hydrogen-bond donors (Lipinski definition) is 2. The second-order valence-electron chi connectivity index (χ2n) is 8.73. The fourth-order valence-corrected chi connectivity index (χ4v) is 5.93. The van der Waals surface area contributed by atoms with Gasteiger partial charge in [0.2, 0.25) is 0 Å². The molecule has 0 aromatic carbocycles. The molecule has 8 nitrogen and oxygen atoms in total. The monoisotopic (exact) mass is 516 g/mol. The van der Waals surface area contributed by atoms with E-state index in [1.165, 1.54) is 6.33 Å². The van der Waals surface area contributed by atoms with E-state index in [0.29, 0.717) is 34.4 Å². The van der Waals surface area contributed by atoms with Crippen molar-refractivity contribution in [3.05, 3.63) is 105 Å². The van der Waals surface area contributed by atoms with Crippen molar-refractivity contribution in [2.45, 2.75) is 18.9 Å². The Hall–Kier alpha value is -3.82. The average molecular weight is 517 g/mol. The van der Waals surface area contributed by atoms with Crippen LogP contribution in [0.5, 0.6) is 0 Å². The average Bonchev–Trinajstić information content (AvgIpc) is 3.65. The van der Waals surface area contributed by atoms with E-state index in [-0.39, 0.29) is 10.7 Å². The Morgan fingerprint density at radius 2 is 1.78 bits per heavy atom.